The highest BCUT2D eigenvalue weighted by molar-refractivity contribution is 5.30. The average Bonchev–Trinajstić information content (AvgIpc) is 2.42. The Hall–Kier alpha value is -1.39. The predicted molar refractivity (Wildman–Crippen MR) is 75.0 cm³/mol. The summed E-state index contributed by atoms with van der Waals surface area (Å²) in [5.74, 6) is 0.271. The van der Waals surface area contributed by atoms with Crippen LogP contribution < -0.4 is 10.1 Å². The van der Waals surface area contributed by atoms with Crippen molar-refractivity contribution in [2.24, 2.45) is 0 Å². The van der Waals surface area contributed by atoms with Gasteiger partial charge in [-0.05, 0) is 19.4 Å². The molecule has 1 aromatic carbocycles. The van der Waals surface area contributed by atoms with Crippen LogP contribution in [0.15, 0.2) is 30.9 Å². The summed E-state index contributed by atoms with van der Waals surface area (Å²) in [5, 5.41) is 3.22. The van der Waals surface area contributed by atoms with E-state index in [0.29, 0.717) is 31.1 Å². The Morgan fingerprint density at radius 2 is 2.21 bits per heavy atom. The fourth-order valence-corrected chi connectivity index (χ4v) is 1.71. The van der Waals surface area contributed by atoms with Crippen LogP contribution in [0.3, 0.4) is 0 Å². The molecule has 0 amide bonds. The lowest BCUT2D eigenvalue weighted by Gasteiger charge is -2.15. The van der Waals surface area contributed by atoms with Gasteiger partial charge in [-0.25, -0.2) is 4.39 Å². The molecule has 3 nitrogen and oxygen atoms in total. The van der Waals surface area contributed by atoms with Gasteiger partial charge in [0.15, 0.2) is 0 Å². The van der Waals surface area contributed by atoms with E-state index in [1.54, 1.807) is 12.1 Å². The summed E-state index contributed by atoms with van der Waals surface area (Å²) in [5.41, 5.74) is 0.631. The molecule has 1 rings (SSSR count). The van der Waals surface area contributed by atoms with Gasteiger partial charge in [0.05, 0.1) is 20.3 Å². The smallest absolute Gasteiger partial charge is 0.131 e. The predicted octanol–water partition coefficient (Wildman–Crippen LogP) is 3.08. The van der Waals surface area contributed by atoms with Gasteiger partial charge in [-0.2, -0.15) is 0 Å². The Balaban J connectivity index is 2.36. The maximum absolute atomic E-state index is 13.8. The minimum absolute atomic E-state index is 0.0612. The van der Waals surface area contributed by atoms with Crippen molar-refractivity contribution in [3.05, 3.63) is 42.2 Å². The second kappa shape index (κ2) is 8.67. The van der Waals surface area contributed by atoms with E-state index in [1.807, 2.05) is 13.0 Å². The Kier molecular flexibility index (Phi) is 7.15. The molecule has 0 heterocycles. The lowest BCUT2D eigenvalue weighted by Crippen LogP contribution is -2.24. The van der Waals surface area contributed by atoms with Gasteiger partial charge in [-0.3, -0.25) is 0 Å². The van der Waals surface area contributed by atoms with Crippen molar-refractivity contribution in [3.8, 4) is 5.75 Å². The van der Waals surface area contributed by atoms with Gasteiger partial charge in [0.2, 0.25) is 0 Å². The number of nitrogens with one attached hydrogen (secondary N) is 1. The quantitative estimate of drug-likeness (QED) is 0.551. The minimum Gasteiger partial charge on any atom is -0.497 e. The molecule has 0 aliphatic rings. The fourth-order valence-electron chi connectivity index (χ4n) is 1.71. The Morgan fingerprint density at radius 1 is 1.42 bits per heavy atom. The van der Waals surface area contributed by atoms with Crippen molar-refractivity contribution >= 4 is 0 Å². The van der Waals surface area contributed by atoms with Crippen LogP contribution in [0.4, 0.5) is 4.39 Å². The molecule has 0 aliphatic heterocycles. The normalized spacial score (nSPS) is 12.2. The summed E-state index contributed by atoms with van der Waals surface area (Å²) in [6.07, 6.45) is 2.67. The summed E-state index contributed by atoms with van der Waals surface area (Å²) in [4.78, 5) is 0. The van der Waals surface area contributed by atoms with E-state index in [2.05, 4.69) is 11.9 Å². The molecule has 19 heavy (non-hydrogen) atoms. The first-order valence-electron chi connectivity index (χ1n) is 6.44. The van der Waals surface area contributed by atoms with E-state index in [0.717, 1.165) is 6.42 Å². The third kappa shape index (κ3) is 5.41. The van der Waals surface area contributed by atoms with Crippen LogP contribution in [-0.2, 0) is 4.74 Å². The number of halogens is 1. The third-order valence-electron chi connectivity index (χ3n) is 2.84. The van der Waals surface area contributed by atoms with Gasteiger partial charge in [-0.1, -0.05) is 12.1 Å². The number of benzene rings is 1. The molecule has 4 heteroatoms. The molecule has 0 bridgehead atoms. The van der Waals surface area contributed by atoms with E-state index >= 15 is 0 Å². The van der Waals surface area contributed by atoms with Crippen molar-refractivity contribution in [3.63, 3.8) is 0 Å². The van der Waals surface area contributed by atoms with Gasteiger partial charge in [0.1, 0.15) is 11.6 Å². The lowest BCUT2D eigenvalue weighted by atomic mass is 10.1. The molecule has 0 aromatic heterocycles. The molecular weight excluding hydrogens is 245 g/mol. The Morgan fingerprint density at radius 3 is 2.84 bits per heavy atom. The minimum atomic E-state index is -0.257. The summed E-state index contributed by atoms with van der Waals surface area (Å²) in [6, 6.07) is 4.84. The van der Waals surface area contributed by atoms with Crippen LogP contribution >= 0.6 is 0 Å². The van der Waals surface area contributed by atoms with Crippen molar-refractivity contribution in [1.82, 2.24) is 5.32 Å². The largest absolute Gasteiger partial charge is 0.497 e. The second-order valence-corrected chi connectivity index (χ2v) is 4.25. The number of ether oxygens (including phenoxy) is 2. The van der Waals surface area contributed by atoms with Crippen molar-refractivity contribution in [2.75, 3.05) is 26.9 Å². The number of hydrogen-bond acceptors (Lipinski definition) is 3. The average molecular weight is 267 g/mol. The van der Waals surface area contributed by atoms with E-state index in [9.17, 15) is 4.39 Å². The van der Waals surface area contributed by atoms with Crippen LogP contribution in [0, 0.1) is 5.82 Å². The molecule has 0 spiro atoms. The summed E-state index contributed by atoms with van der Waals surface area (Å²) >= 11 is 0. The zero-order valence-electron chi connectivity index (χ0n) is 11.6. The maximum Gasteiger partial charge on any atom is 0.131 e. The first-order chi connectivity index (χ1) is 9.19. The molecule has 0 saturated heterocycles. The van der Waals surface area contributed by atoms with Gasteiger partial charge in [-0.15, -0.1) is 6.58 Å². The Labute approximate surface area is 114 Å². The van der Waals surface area contributed by atoms with Crippen molar-refractivity contribution in [2.45, 2.75) is 19.4 Å². The van der Waals surface area contributed by atoms with Crippen molar-refractivity contribution < 1.29 is 13.9 Å². The standard InChI is InChI=1S/C15H22FNO2/c1-4-5-9-19-10-8-17-12(2)14-7-6-13(18-3)11-15(14)16/h4,6-7,11-12,17H,1,5,8-10H2,2-3H3. The maximum atomic E-state index is 13.8. The first kappa shape index (κ1) is 15.7. The molecule has 0 fully saturated rings. The van der Waals surface area contributed by atoms with Crippen LogP contribution in [0.25, 0.3) is 0 Å². The highest BCUT2D eigenvalue weighted by atomic mass is 19.1. The topological polar surface area (TPSA) is 30.5 Å². The molecular formula is C15H22FNO2. The van der Waals surface area contributed by atoms with Gasteiger partial charge in [0.25, 0.3) is 0 Å². The van der Waals surface area contributed by atoms with Gasteiger partial charge < -0.3 is 14.8 Å². The Bertz CT molecular complexity index is 396. The molecule has 1 N–H and O–H groups in total. The van der Waals surface area contributed by atoms with Gasteiger partial charge >= 0.3 is 0 Å². The number of hydrogen-bond donors (Lipinski definition) is 1. The van der Waals surface area contributed by atoms with Crippen LogP contribution in [0.2, 0.25) is 0 Å². The summed E-state index contributed by atoms with van der Waals surface area (Å²) in [7, 11) is 1.52. The van der Waals surface area contributed by atoms with E-state index < -0.39 is 0 Å². The van der Waals surface area contributed by atoms with Crippen molar-refractivity contribution in [1.29, 1.82) is 0 Å². The molecule has 1 aromatic rings. The summed E-state index contributed by atoms with van der Waals surface area (Å²) in [6.45, 7) is 7.52. The molecule has 1 unspecified atom stereocenters. The molecule has 0 aliphatic carbocycles. The van der Waals surface area contributed by atoms with Crippen LogP contribution in [0.1, 0.15) is 24.9 Å². The number of methoxy groups -OCH3 is 1. The molecule has 0 radical (unpaired) electrons. The van der Waals surface area contributed by atoms with Crippen LogP contribution in [0.5, 0.6) is 5.75 Å². The molecule has 1 atom stereocenters. The van der Waals surface area contributed by atoms with Gasteiger partial charge in [0, 0.05) is 24.2 Å². The molecule has 106 valence electrons. The highest BCUT2D eigenvalue weighted by Gasteiger charge is 2.10. The number of rotatable bonds is 9. The van der Waals surface area contributed by atoms with E-state index in [-0.39, 0.29) is 11.9 Å². The lowest BCUT2D eigenvalue weighted by molar-refractivity contribution is 0.138. The SMILES string of the molecule is C=CCCOCCNC(C)c1ccc(OC)cc1F. The summed E-state index contributed by atoms with van der Waals surface area (Å²) < 4.78 is 24.2. The monoisotopic (exact) mass is 267 g/mol. The first-order valence-corrected chi connectivity index (χ1v) is 6.44. The third-order valence-corrected chi connectivity index (χ3v) is 2.84. The van der Waals surface area contributed by atoms with E-state index in [4.69, 9.17) is 9.47 Å². The molecule has 0 saturated carbocycles. The zero-order valence-corrected chi connectivity index (χ0v) is 11.6. The second-order valence-electron chi connectivity index (χ2n) is 4.25. The van der Waals surface area contributed by atoms with Crippen LogP contribution in [-0.4, -0.2) is 26.9 Å². The zero-order chi connectivity index (χ0) is 14.1. The highest BCUT2D eigenvalue weighted by Crippen LogP contribution is 2.21. The fraction of sp³-hybridized carbons (Fsp3) is 0.467. The van der Waals surface area contributed by atoms with E-state index in [1.165, 1.54) is 13.2 Å².